The summed E-state index contributed by atoms with van der Waals surface area (Å²) in [5.74, 6) is 0.357. The fourth-order valence-electron chi connectivity index (χ4n) is 2.08. The number of carbonyl (C=O) groups is 1. The van der Waals surface area contributed by atoms with Crippen molar-refractivity contribution in [1.29, 1.82) is 0 Å². The van der Waals surface area contributed by atoms with Crippen LogP contribution < -0.4 is 10.5 Å². The Labute approximate surface area is 114 Å². The SMILES string of the molecule is CCN(C(=O)c1c(N)cccc1OC)C(C)COC. The van der Waals surface area contributed by atoms with Gasteiger partial charge in [-0.15, -0.1) is 0 Å². The Morgan fingerprint density at radius 1 is 1.42 bits per heavy atom. The van der Waals surface area contributed by atoms with Gasteiger partial charge in [-0.2, -0.15) is 0 Å². The van der Waals surface area contributed by atoms with Gasteiger partial charge < -0.3 is 20.1 Å². The molecule has 0 spiro atoms. The average Bonchev–Trinajstić information content (AvgIpc) is 2.39. The van der Waals surface area contributed by atoms with Crippen molar-refractivity contribution in [2.45, 2.75) is 19.9 Å². The number of amides is 1. The minimum Gasteiger partial charge on any atom is -0.496 e. The standard InChI is InChI=1S/C14H22N2O3/c1-5-16(10(2)9-18-3)14(17)13-11(15)7-6-8-12(13)19-4/h6-8,10H,5,9,15H2,1-4H3. The summed E-state index contributed by atoms with van der Waals surface area (Å²) < 4.78 is 10.3. The van der Waals surface area contributed by atoms with Crippen LogP contribution in [-0.2, 0) is 4.74 Å². The molecule has 1 aromatic rings. The molecular formula is C14H22N2O3. The maximum atomic E-state index is 12.6. The van der Waals surface area contributed by atoms with E-state index in [1.807, 2.05) is 13.8 Å². The molecule has 2 N–H and O–H groups in total. The molecule has 106 valence electrons. The summed E-state index contributed by atoms with van der Waals surface area (Å²) in [6.07, 6.45) is 0. The number of nitrogen functional groups attached to an aromatic ring is 1. The summed E-state index contributed by atoms with van der Waals surface area (Å²) in [7, 11) is 3.15. The average molecular weight is 266 g/mol. The van der Waals surface area contributed by atoms with Crippen LogP contribution in [0.25, 0.3) is 0 Å². The molecule has 1 amide bonds. The minimum absolute atomic E-state index is 0.0215. The number of hydrogen-bond acceptors (Lipinski definition) is 4. The zero-order valence-corrected chi connectivity index (χ0v) is 12.0. The molecule has 0 saturated carbocycles. The molecule has 1 unspecified atom stereocenters. The van der Waals surface area contributed by atoms with Crippen LogP contribution in [0.5, 0.6) is 5.75 Å². The van der Waals surface area contributed by atoms with Crippen LogP contribution >= 0.6 is 0 Å². The van der Waals surface area contributed by atoms with Gasteiger partial charge in [0.15, 0.2) is 0 Å². The van der Waals surface area contributed by atoms with E-state index in [-0.39, 0.29) is 11.9 Å². The first kappa shape index (κ1) is 15.3. The number of nitrogens with two attached hydrogens (primary N) is 1. The zero-order chi connectivity index (χ0) is 14.4. The Morgan fingerprint density at radius 2 is 2.11 bits per heavy atom. The Bertz CT molecular complexity index is 435. The summed E-state index contributed by atoms with van der Waals surface area (Å²) in [5, 5.41) is 0. The Kier molecular flexibility index (Phi) is 5.63. The number of likely N-dealkylation sites (N-methyl/N-ethyl adjacent to an activating group) is 1. The first-order valence-electron chi connectivity index (χ1n) is 6.29. The van der Waals surface area contributed by atoms with Crippen molar-refractivity contribution >= 4 is 11.6 Å². The van der Waals surface area contributed by atoms with Crippen molar-refractivity contribution in [1.82, 2.24) is 4.90 Å². The molecule has 1 rings (SSSR count). The number of anilines is 1. The lowest BCUT2D eigenvalue weighted by atomic mass is 10.1. The summed E-state index contributed by atoms with van der Waals surface area (Å²) in [5.41, 5.74) is 6.74. The highest BCUT2D eigenvalue weighted by Gasteiger charge is 2.24. The van der Waals surface area contributed by atoms with E-state index in [1.54, 1.807) is 30.2 Å². The van der Waals surface area contributed by atoms with Gasteiger partial charge >= 0.3 is 0 Å². The Balaban J connectivity index is 3.10. The van der Waals surface area contributed by atoms with Crippen LogP contribution in [0.3, 0.4) is 0 Å². The molecule has 1 atom stereocenters. The van der Waals surface area contributed by atoms with Gasteiger partial charge in [-0.1, -0.05) is 6.07 Å². The van der Waals surface area contributed by atoms with Crippen molar-refractivity contribution < 1.29 is 14.3 Å². The molecule has 0 saturated heterocycles. The monoisotopic (exact) mass is 266 g/mol. The normalized spacial score (nSPS) is 12.0. The number of rotatable bonds is 6. The molecule has 0 bridgehead atoms. The Morgan fingerprint density at radius 3 is 2.63 bits per heavy atom. The molecule has 0 heterocycles. The highest BCUT2D eigenvalue weighted by Crippen LogP contribution is 2.26. The lowest BCUT2D eigenvalue weighted by molar-refractivity contribution is 0.0577. The lowest BCUT2D eigenvalue weighted by Crippen LogP contribution is -2.41. The summed E-state index contributed by atoms with van der Waals surface area (Å²) in [6.45, 7) is 4.93. The largest absolute Gasteiger partial charge is 0.496 e. The topological polar surface area (TPSA) is 64.8 Å². The third-order valence-electron chi connectivity index (χ3n) is 3.03. The fraction of sp³-hybridized carbons (Fsp3) is 0.500. The quantitative estimate of drug-likeness (QED) is 0.797. The highest BCUT2D eigenvalue weighted by atomic mass is 16.5. The van der Waals surface area contributed by atoms with E-state index in [0.717, 1.165) is 0 Å². The smallest absolute Gasteiger partial charge is 0.260 e. The van der Waals surface area contributed by atoms with Crippen LogP contribution in [0.1, 0.15) is 24.2 Å². The maximum absolute atomic E-state index is 12.6. The third kappa shape index (κ3) is 3.38. The van der Waals surface area contributed by atoms with Crippen molar-refractivity contribution in [3.8, 4) is 5.75 Å². The van der Waals surface area contributed by atoms with Gasteiger partial charge in [-0.05, 0) is 26.0 Å². The van der Waals surface area contributed by atoms with Crippen LogP contribution in [0.4, 0.5) is 5.69 Å². The molecule has 0 aliphatic carbocycles. The van der Waals surface area contributed by atoms with E-state index in [9.17, 15) is 4.79 Å². The molecule has 5 heteroatoms. The molecule has 0 aliphatic rings. The van der Waals surface area contributed by atoms with E-state index in [1.165, 1.54) is 7.11 Å². The first-order valence-corrected chi connectivity index (χ1v) is 6.29. The second kappa shape index (κ2) is 6.99. The number of hydrogen-bond donors (Lipinski definition) is 1. The van der Waals surface area contributed by atoms with Crippen LogP contribution in [0, 0.1) is 0 Å². The van der Waals surface area contributed by atoms with E-state index in [4.69, 9.17) is 15.2 Å². The first-order chi connectivity index (χ1) is 9.06. The molecule has 0 fully saturated rings. The molecule has 5 nitrogen and oxygen atoms in total. The van der Waals surface area contributed by atoms with Gasteiger partial charge in [0, 0.05) is 19.3 Å². The van der Waals surface area contributed by atoms with Crippen LogP contribution in [0.15, 0.2) is 18.2 Å². The molecule has 0 radical (unpaired) electrons. The summed E-state index contributed by atoms with van der Waals surface area (Å²) in [6, 6.07) is 5.18. The van der Waals surface area contributed by atoms with Gasteiger partial charge in [0.2, 0.25) is 0 Å². The summed E-state index contributed by atoms with van der Waals surface area (Å²) >= 11 is 0. The van der Waals surface area contributed by atoms with Crippen molar-refractivity contribution in [3.05, 3.63) is 23.8 Å². The second-order valence-corrected chi connectivity index (χ2v) is 4.32. The van der Waals surface area contributed by atoms with E-state index in [0.29, 0.717) is 30.2 Å². The minimum atomic E-state index is -0.137. The Hall–Kier alpha value is -1.75. The molecule has 19 heavy (non-hydrogen) atoms. The number of benzene rings is 1. The summed E-state index contributed by atoms with van der Waals surface area (Å²) in [4.78, 5) is 14.3. The fourth-order valence-corrected chi connectivity index (χ4v) is 2.08. The van der Waals surface area contributed by atoms with Gasteiger partial charge in [0.05, 0.1) is 19.8 Å². The van der Waals surface area contributed by atoms with E-state index >= 15 is 0 Å². The van der Waals surface area contributed by atoms with Crippen molar-refractivity contribution in [3.63, 3.8) is 0 Å². The van der Waals surface area contributed by atoms with Crippen LogP contribution in [0.2, 0.25) is 0 Å². The number of nitrogens with zero attached hydrogens (tertiary/aromatic N) is 1. The predicted molar refractivity (Wildman–Crippen MR) is 75.5 cm³/mol. The third-order valence-corrected chi connectivity index (χ3v) is 3.03. The van der Waals surface area contributed by atoms with Crippen LogP contribution in [-0.4, -0.2) is 44.2 Å². The highest BCUT2D eigenvalue weighted by molar-refractivity contribution is 6.02. The number of carbonyl (C=O) groups excluding carboxylic acids is 1. The maximum Gasteiger partial charge on any atom is 0.260 e. The number of methoxy groups -OCH3 is 2. The van der Waals surface area contributed by atoms with E-state index in [2.05, 4.69) is 0 Å². The van der Waals surface area contributed by atoms with Gasteiger partial charge in [0.1, 0.15) is 11.3 Å². The zero-order valence-electron chi connectivity index (χ0n) is 12.0. The van der Waals surface area contributed by atoms with E-state index < -0.39 is 0 Å². The van der Waals surface area contributed by atoms with Gasteiger partial charge in [-0.25, -0.2) is 0 Å². The van der Waals surface area contributed by atoms with Gasteiger partial charge in [0.25, 0.3) is 5.91 Å². The number of ether oxygens (including phenoxy) is 2. The van der Waals surface area contributed by atoms with Crippen molar-refractivity contribution in [2.75, 3.05) is 33.1 Å². The van der Waals surface area contributed by atoms with Crippen molar-refractivity contribution in [2.24, 2.45) is 0 Å². The predicted octanol–water partition coefficient (Wildman–Crippen LogP) is 1.77. The molecule has 0 aliphatic heterocycles. The van der Waals surface area contributed by atoms with Gasteiger partial charge in [-0.3, -0.25) is 4.79 Å². The molecule has 1 aromatic carbocycles. The molecular weight excluding hydrogens is 244 g/mol. The second-order valence-electron chi connectivity index (χ2n) is 4.32. The molecule has 0 aromatic heterocycles. The lowest BCUT2D eigenvalue weighted by Gasteiger charge is -2.28.